The maximum Gasteiger partial charge on any atom is 0.265 e. The summed E-state index contributed by atoms with van der Waals surface area (Å²) in [6, 6.07) is 11.7. The second-order valence-corrected chi connectivity index (χ2v) is 5.48. The largest absolute Gasteiger partial charge is 0.479 e. The summed E-state index contributed by atoms with van der Waals surface area (Å²) in [5, 5.41) is 11.8. The fraction of sp³-hybridized carbons (Fsp3) is 0.176. The van der Waals surface area contributed by atoms with Gasteiger partial charge in [-0.1, -0.05) is 11.6 Å². The standard InChI is InChI=1S/C17H13ClN2O4/c1-10(24-14-4-2-11(8-19)6-13(14)18)17(21)20-12-3-5-15-16(7-12)23-9-22-15/h2-7,10H,9H2,1H3,(H,20,21)/t10-/m1/s1. The maximum absolute atomic E-state index is 12.2. The molecule has 7 heteroatoms. The van der Waals surface area contributed by atoms with Crippen LogP contribution in [0.1, 0.15) is 12.5 Å². The summed E-state index contributed by atoms with van der Waals surface area (Å²) >= 11 is 6.04. The first-order valence-electron chi connectivity index (χ1n) is 7.13. The van der Waals surface area contributed by atoms with E-state index in [1.165, 1.54) is 6.07 Å². The van der Waals surface area contributed by atoms with E-state index in [1.54, 1.807) is 37.3 Å². The van der Waals surface area contributed by atoms with Crippen molar-refractivity contribution in [1.82, 2.24) is 0 Å². The van der Waals surface area contributed by atoms with Gasteiger partial charge in [0.1, 0.15) is 5.75 Å². The summed E-state index contributed by atoms with van der Waals surface area (Å²) < 4.78 is 16.0. The Morgan fingerprint density at radius 2 is 2.08 bits per heavy atom. The Kier molecular flexibility index (Phi) is 4.45. The second-order valence-electron chi connectivity index (χ2n) is 5.07. The van der Waals surface area contributed by atoms with Crippen molar-refractivity contribution in [2.75, 3.05) is 12.1 Å². The van der Waals surface area contributed by atoms with Gasteiger partial charge in [0.15, 0.2) is 17.6 Å². The molecule has 0 spiro atoms. The van der Waals surface area contributed by atoms with Crippen LogP contribution in [0.5, 0.6) is 17.2 Å². The van der Waals surface area contributed by atoms with Crippen molar-refractivity contribution in [1.29, 1.82) is 5.26 Å². The van der Waals surface area contributed by atoms with Crippen LogP contribution in [0.3, 0.4) is 0 Å². The summed E-state index contributed by atoms with van der Waals surface area (Å²) in [6.07, 6.45) is -0.777. The quantitative estimate of drug-likeness (QED) is 0.920. The second kappa shape index (κ2) is 6.69. The zero-order chi connectivity index (χ0) is 17.1. The highest BCUT2D eigenvalue weighted by Crippen LogP contribution is 2.34. The third-order valence-electron chi connectivity index (χ3n) is 3.37. The summed E-state index contributed by atoms with van der Waals surface area (Å²) in [6.45, 7) is 1.78. The molecule has 2 aromatic rings. The van der Waals surface area contributed by atoms with E-state index < -0.39 is 6.10 Å². The number of hydrogen-bond acceptors (Lipinski definition) is 5. The summed E-state index contributed by atoms with van der Waals surface area (Å²) in [7, 11) is 0. The Labute approximate surface area is 143 Å². The van der Waals surface area contributed by atoms with E-state index in [4.69, 9.17) is 31.1 Å². The highest BCUT2D eigenvalue weighted by atomic mass is 35.5. The van der Waals surface area contributed by atoms with Crippen LogP contribution in [-0.2, 0) is 4.79 Å². The van der Waals surface area contributed by atoms with Gasteiger partial charge < -0.3 is 19.5 Å². The van der Waals surface area contributed by atoms with Crippen molar-refractivity contribution >= 4 is 23.2 Å². The monoisotopic (exact) mass is 344 g/mol. The number of fused-ring (bicyclic) bond motifs is 1. The molecule has 1 atom stereocenters. The number of benzene rings is 2. The van der Waals surface area contributed by atoms with Crippen molar-refractivity contribution in [2.45, 2.75) is 13.0 Å². The minimum absolute atomic E-state index is 0.170. The number of rotatable bonds is 4. The van der Waals surface area contributed by atoms with Crippen molar-refractivity contribution in [2.24, 2.45) is 0 Å². The number of hydrogen-bond donors (Lipinski definition) is 1. The molecule has 3 rings (SSSR count). The third kappa shape index (κ3) is 3.36. The maximum atomic E-state index is 12.2. The van der Waals surface area contributed by atoms with Crippen molar-refractivity contribution < 1.29 is 19.0 Å². The molecule has 0 saturated heterocycles. The van der Waals surface area contributed by atoms with Gasteiger partial charge in [-0.3, -0.25) is 4.79 Å². The normalized spacial score (nSPS) is 13.0. The fourth-order valence-electron chi connectivity index (χ4n) is 2.13. The molecule has 0 aromatic heterocycles. The number of ether oxygens (including phenoxy) is 3. The van der Waals surface area contributed by atoms with Gasteiger partial charge in [-0.05, 0) is 37.3 Å². The predicted molar refractivity (Wildman–Crippen MR) is 87.5 cm³/mol. The number of nitrogens with one attached hydrogen (secondary N) is 1. The molecule has 0 bridgehead atoms. The lowest BCUT2D eigenvalue weighted by molar-refractivity contribution is -0.122. The summed E-state index contributed by atoms with van der Waals surface area (Å²) in [5.74, 6) is 1.22. The third-order valence-corrected chi connectivity index (χ3v) is 3.67. The summed E-state index contributed by atoms with van der Waals surface area (Å²) in [4.78, 5) is 12.2. The van der Waals surface area contributed by atoms with E-state index >= 15 is 0 Å². The highest BCUT2D eigenvalue weighted by Gasteiger charge is 2.19. The molecule has 1 amide bonds. The molecule has 1 aliphatic rings. The lowest BCUT2D eigenvalue weighted by Crippen LogP contribution is -2.30. The Bertz CT molecular complexity index is 832. The van der Waals surface area contributed by atoms with Gasteiger partial charge in [-0.25, -0.2) is 0 Å². The van der Waals surface area contributed by atoms with Crippen LogP contribution < -0.4 is 19.5 Å². The topological polar surface area (TPSA) is 80.6 Å². The fourth-order valence-corrected chi connectivity index (χ4v) is 2.35. The van der Waals surface area contributed by atoms with E-state index in [2.05, 4.69) is 5.32 Å². The summed E-state index contributed by atoms with van der Waals surface area (Å²) in [5.41, 5.74) is 0.996. The molecule has 122 valence electrons. The molecule has 1 heterocycles. The number of nitriles is 1. The zero-order valence-electron chi connectivity index (χ0n) is 12.7. The zero-order valence-corrected chi connectivity index (χ0v) is 13.5. The minimum atomic E-state index is -0.777. The van der Waals surface area contributed by atoms with Crippen LogP contribution in [0.2, 0.25) is 5.02 Å². The lowest BCUT2D eigenvalue weighted by atomic mass is 10.2. The number of amides is 1. The van der Waals surface area contributed by atoms with Crippen LogP contribution in [0, 0.1) is 11.3 Å². The van der Waals surface area contributed by atoms with Crippen LogP contribution in [-0.4, -0.2) is 18.8 Å². The first-order valence-corrected chi connectivity index (χ1v) is 7.51. The molecular formula is C17H13ClN2O4. The Morgan fingerprint density at radius 1 is 1.29 bits per heavy atom. The molecule has 1 N–H and O–H groups in total. The van der Waals surface area contributed by atoms with Gasteiger partial charge >= 0.3 is 0 Å². The molecule has 0 fully saturated rings. The lowest BCUT2D eigenvalue weighted by Gasteiger charge is -2.16. The molecular weight excluding hydrogens is 332 g/mol. The minimum Gasteiger partial charge on any atom is -0.479 e. The van der Waals surface area contributed by atoms with E-state index in [1.807, 2.05) is 6.07 Å². The Balaban J connectivity index is 1.66. The van der Waals surface area contributed by atoms with Crippen LogP contribution in [0.25, 0.3) is 0 Å². The van der Waals surface area contributed by atoms with Gasteiger partial charge in [-0.2, -0.15) is 5.26 Å². The Morgan fingerprint density at radius 3 is 2.83 bits per heavy atom. The van der Waals surface area contributed by atoms with E-state index in [0.29, 0.717) is 28.5 Å². The van der Waals surface area contributed by atoms with E-state index in [-0.39, 0.29) is 17.7 Å². The molecule has 0 unspecified atom stereocenters. The van der Waals surface area contributed by atoms with Gasteiger partial charge in [0.05, 0.1) is 16.7 Å². The average Bonchev–Trinajstić information content (AvgIpc) is 3.04. The van der Waals surface area contributed by atoms with Crippen LogP contribution in [0.15, 0.2) is 36.4 Å². The highest BCUT2D eigenvalue weighted by molar-refractivity contribution is 6.32. The van der Waals surface area contributed by atoms with Crippen molar-refractivity contribution in [3.05, 3.63) is 47.0 Å². The van der Waals surface area contributed by atoms with Crippen molar-refractivity contribution in [3.63, 3.8) is 0 Å². The number of halogens is 1. The van der Waals surface area contributed by atoms with Gasteiger partial charge in [0, 0.05) is 11.8 Å². The molecule has 2 aromatic carbocycles. The molecule has 6 nitrogen and oxygen atoms in total. The van der Waals surface area contributed by atoms with Crippen molar-refractivity contribution in [3.8, 4) is 23.3 Å². The van der Waals surface area contributed by atoms with Crippen LogP contribution >= 0.6 is 11.6 Å². The first kappa shape index (κ1) is 16.0. The molecule has 0 aliphatic carbocycles. The predicted octanol–water partition coefficient (Wildman–Crippen LogP) is 3.35. The van der Waals surface area contributed by atoms with Crippen LogP contribution in [0.4, 0.5) is 5.69 Å². The number of anilines is 1. The smallest absolute Gasteiger partial charge is 0.265 e. The number of carbonyl (C=O) groups is 1. The van der Waals surface area contributed by atoms with Gasteiger partial charge in [0.2, 0.25) is 6.79 Å². The van der Waals surface area contributed by atoms with Gasteiger partial charge in [0.25, 0.3) is 5.91 Å². The first-order chi connectivity index (χ1) is 11.6. The van der Waals surface area contributed by atoms with E-state index in [0.717, 1.165) is 0 Å². The van der Waals surface area contributed by atoms with Gasteiger partial charge in [-0.15, -0.1) is 0 Å². The number of carbonyl (C=O) groups excluding carboxylic acids is 1. The Hall–Kier alpha value is -2.91. The molecule has 24 heavy (non-hydrogen) atoms. The average molecular weight is 345 g/mol. The number of nitrogens with zero attached hydrogens (tertiary/aromatic N) is 1. The molecule has 0 saturated carbocycles. The molecule has 1 aliphatic heterocycles. The molecule has 0 radical (unpaired) electrons. The SMILES string of the molecule is C[C@@H](Oc1ccc(C#N)cc1Cl)C(=O)Nc1ccc2c(c1)OCO2. The van der Waals surface area contributed by atoms with E-state index in [9.17, 15) is 4.79 Å².